The van der Waals surface area contributed by atoms with E-state index < -0.39 is 0 Å². The molecule has 126 valence electrons. The summed E-state index contributed by atoms with van der Waals surface area (Å²) in [5, 5.41) is 0. The zero-order chi connectivity index (χ0) is 16.9. The van der Waals surface area contributed by atoms with Crippen molar-refractivity contribution in [3.05, 3.63) is 47.9 Å². The van der Waals surface area contributed by atoms with Crippen LogP contribution >= 0.6 is 0 Å². The van der Waals surface area contributed by atoms with Crippen molar-refractivity contribution in [1.29, 1.82) is 0 Å². The van der Waals surface area contributed by atoms with E-state index in [0.29, 0.717) is 11.4 Å². The van der Waals surface area contributed by atoms with Crippen molar-refractivity contribution in [2.24, 2.45) is 0 Å². The fraction of sp³-hybridized carbons (Fsp3) is 0.389. The minimum absolute atomic E-state index is 0.344. The highest BCUT2D eigenvalue weighted by atomic mass is 16.5. The number of hydrogen-bond donors (Lipinski definition) is 0. The molecule has 1 aliphatic heterocycles. The molecule has 1 fully saturated rings. The Morgan fingerprint density at radius 3 is 2.67 bits per heavy atom. The molecule has 0 N–H and O–H groups in total. The van der Waals surface area contributed by atoms with Crippen molar-refractivity contribution in [2.45, 2.75) is 13.3 Å². The third kappa shape index (κ3) is 3.48. The van der Waals surface area contributed by atoms with E-state index in [4.69, 9.17) is 4.74 Å². The summed E-state index contributed by atoms with van der Waals surface area (Å²) >= 11 is 0. The Morgan fingerprint density at radius 1 is 1.08 bits per heavy atom. The maximum absolute atomic E-state index is 12.0. The number of rotatable bonds is 3. The number of carbonyl (C=O) groups excluding carboxylic acids is 1. The first-order valence-electron chi connectivity index (χ1n) is 8.15. The lowest BCUT2D eigenvalue weighted by Crippen LogP contribution is -2.32. The number of pyridine rings is 2. The number of esters is 1. The van der Waals surface area contributed by atoms with E-state index in [9.17, 15) is 4.79 Å². The van der Waals surface area contributed by atoms with Crippen molar-refractivity contribution in [1.82, 2.24) is 9.97 Å². The van der Waals surface area contributed by atoms with Crippen molar-refractivity contribution < 1.29 is 9.53 Å². The Labute approximate surface area is 142 Å². The summed E-state index contributed by atoms with van der Waals surface area (Å²) in [6, 6.07) is 7.68. The van der Waals surface area contributed by atoms with E-state index in [1.165, 1.54) is 12.8 Å². The molecule has 0 radical (unpaired) electrons. The normalized spacial score (nSPS) is 15.1. The molecule has 2 aromatic heterocycles. The van der Waals surface area contributed by atoms with E-state index in [1.54, 1.807) is 18.3 Å². The van der Waals surface area contributed by atoms with Crippen molar-refractivity contribution in [3.63, 3.8) is 0 Å². The summed E-state index contributed by atoms with van der Waals surface area (Å²) in [7, 11) is 1.40. The van der Waals surface area contributed by atoms with Crippen LogP contribution in [0.3, 0.4) is 0 Å². The van der Waals surface area contributed by atoms with Gasteiger partial charge in [0, 0.05) is 50.0 Å². The number of carbonyl (C=O) groups is 1. The molecular weight excluding hydrogens is 304 g/mol. The number of aromatic nitrogens is 2. The van der Waals surface area contributed by atoms with Crippen molar-refractivity contribution in [3.8, 4) is 0 Å². The molecule has 0 atom stereocenters. The standard InChI is InChI=1S/C18H22N4O2/c1-14-13-15(6-8-19-14)21-9-4-10-22(12-11-21)17-16(18(23)24-2)5-3-7-20-17/h3,5-8,13H,4,9-12H2,1-2H3. The minimum atomic E-state index is -0.344. The van der Waals surface area contributed by atoms with Gasteiger partial charge in [0.25, 0.3) is 0 Å². The topological polar surface area (TPSA) is 58.6 Å². The van der Waals surface area contributed by atoms with Crippen LogP contribution in [0.5, 0.6) is 0 Å². The van der Waals surface area contributed by atoms with Gasteiger partial charge in [-0.05, 0) is 37.6 Å². The van der Waals surface area contributed by atoms with Gasteiger partial charge in [-0.2, -0.15) is 0 Å². The van der Waals surface area contributed by atoms with E-state index in [0.717, 1.165) is 38.3 Å². The Bertz CT molecular complexity index is 720. The van der Waals surface area contributed by atoms with E-state index in [2.05, 4.69) is 25.8 Å². The minimum Gasteiger partial charge on any atom is -0.465 e. The highest BCUT2D eigenvalue weighted by Crippen LogP contribution is 2.22. The molecule has 6 nitrogen and oxygen atoms in total. The van der Waals surface area contributed by atoms with Gasteiger partial charge in [-0.25, -0.2) is 9.78 Å². The molecule has 0 saturated carbocycles. The number of hydrogen-bond acceptors (Lipinski definition) is 6. The third-order valence-electron chi connectivity index (χ3n) is 4.23. The average Bonchev–Trinajstić information content (AvgIpc) is 2.87. The second-order valence-corrected chi connectivity index (χ2v) is 5.85. The smallest absolute Gasteiger partial charge is 0.341 e. The first-order valence-corrected chi connectivity index (χ1v) is 8.15. The largest absolute Gasteiger partial charge is 0.465 e. The molecule has 0 bridgehead atoms. The predicted octanol–water partition coefficient (Wildman–Crippen LogP) is 2.29. The van der Waals surface area contributed by atoms with E-state index in [1.807, 2.05) is 19.2 Å². The first kappa shape index (κ1) is 16.2. The van der Waals surface area contributed by atoms with Gasteiger partial charge in [0.2, 0.25) is 0 Å². The molecule has 24 heavy (non-hydrogen) atoms. The lowest BCUT2D eigenvalue weighted by Gasteiger charge is -2.25. The molecule has 0 amide bonds. The molecule has 3 rings (SSSR count). The molecule has 0 aromatic carbocycles. The summed E-state index contributed by atoms with van der Waals surface area (Å²) in [4.78, 5) is 25.2. The summed E-state index contributed by atoms with van der Waals surface area (Å²) in [6.07, 6.45) is 4.57. The molecule has 2 aromatic rings. The molecule has 1 saturated heterocycles. The van der Waals surface area contributed by atoms with Crippen LogP contribution in [0.25, 0.3) is 0 Å². The van der Waals surface area contributed by atoms with Crippen LogP contribution < -0.4 is 9.80 Å². The Kier molecular flexibility index (Phi) is 4.93. The molecule has 3 heterocycles. The van der Waals surface area contributed by atoms with Gasteiger partial charge in [-0.3, -0.25) is 4.98 Å². The Morgan fingerprint density at radius 2 is 1.88 bits per heavy atom. The van der Waals surface area contributed by atoms with Crippen LogP contribution in [0.1, 0.15) is 22.5 Å². The summed E-state index contributed by atoms with van der Waals surface area (Å²) in [6.45, 7) is 5.52. The molecular formula is C18H22N4O2. The monoisotopic (exact) mass is 326 g/mol. The van der Waals surface area contributed by atoms with Crippen molar-refractivity contribution >= 4 is 17.5 Å². The first-order chi connectivity index (χ1) is 11.7. The third-order valence-corrected chi connectivity index (χ3v) is 4.23. The summed E-state index contributed by atoms with van der Waals surface area (Å²) < 4.78 is 4.88. The number of methoxy groups -OCH3 is 1. The lowest BCUT2D eigenvalue weighted by molar-refractivity contribution is 0.0601. The fourth-order valence-electron chi connectivity index (χ4n) is 3.03. The molecule has 1 aliphatic rings. The number of aryl methyl sites for hydroxylation is 1. The Hall–Kier alpha value is -2.63. The number of ether oxygens (including phenoxy) is 1. The van der Waals surface area contributed by atoms with Gasteiger partial charge in [0.15, 0.2) is 0 Å². The highest BCUT2D eigenvalue weighted by Gasteiger charge is 2.21. The second kappa shape index (κ2) is 7.29. The SMILES string of the molecule is COC(=O)c1cccnc1N1CCCN(c2ccnc(C)c2)CC1. The van der Waals surface area contributed by atoms with Crippen molar-refractivity contribution in [2.75, 3.05) is 43.1 Å². The average molecular weight is 326 g/mol. The van der Waals surface area contributed by atoms with Gasteiger partial charge in [0.05, 0.1) is 7.11 Å². The summed E-state index contributed by atoms with van der Waals surface area (Å²) in [5.41, 5.74) is 2.73. The predicted molar refractivity (Wildman–Crippen MR) is 93.6 cm³/mol. The van der Waals surface area contributed by atoms with Crippen LogP contribution in [0.4, 0.5) is 11.5 Å². The van der Waals surface area contributed by atoms with E-state index in [-0.39, 0.29) is 5.97 Å². The van der Waals surface area contributed by atoms with Gasteiger partial charge in [-0.15, -0.1) is 0 Å². The van der Waals surface area contributed by atoms with Gasteiger partial charge in [0.1, 0.15) is 11.4 Å². The van der Waals surface area contributed by atoms with E-state index >= 15 is 0 Å². The number of anilines is 2. The zero-order valence-corrected chi connectivity index (χ0v) is 14.1. The summed E-state index contributed by atoms with van der Waals surface area (Å²) in [5.74, 6) is 0.362. The number of nitrogens with zero attached hydrogens (tertiary/aromatic N) is 4. The van der Waals surface area contributed by atoms with Crippen LogP contribution in [0.15, 0.2) is 36.7 Å². The lowest BCUT2D eigenvalue weighted by atomic mass is 10.2. The molecule has 6 heteroatoms. The second-order valence-electron chi connectivity index (χ2n) is 5.85. The van der Waals surface area contributed by atoms with Gasteiger partial charge < -0.3 is 14.5 Å². The maximum atomic E-state index is 12.0. The van der Waals surface area contributed by atoms with Gasteiger partial charge in [-0.1, -0.05) is 0 Å². The highest BCUT2D eigenvalue weighted by molar-refractivity contribution is 5.94. The molecule has 0 spiro atoms. The fourth-order valence-corrected chi connectivity index (χ4v) is 3.03. The van der Waals surface area contributed by atoms with Crippen LogP contribution in [-0.4, -0.2) is 49.2 Å². The molecule has 0 aliphatic carbocycles. The zero-order valence-electron chi connectivity index (χ0n) is 14.1. The van der Waals surface area contributed by atoms with Crippen LogP contribution in [0.2, 0.25) is 0 Å². The quantitative estimate of drug-likeness (QED) is 0.807. The Balaban J connectivity index is 1.78. The molecule has 0 unspecified atom stereocenters. The van der Waals surface area contributed by atoms with Gasteiger partial charge >= 0.3 is 5.97 Å². The van der Waals surface area contributed by atoms with Crippen LogP contribution in [0, 0.1) is 6.92 Å². The van der Waals surface area contributed by atoms with Crippen LogP contribution in [-0.2, 0) is 4.74 Å². The maximum Gasteiger partial charge on any atom is 0.341 e.